The first-order valence-corrected chi connectivity index (χ1v) is 7.59. The smallest absolute Gasteiger partial charge is 0.225 e. The van der Waals surface area contributed by atoms with E-state index >= 15 is 0 Å². The fourth-order valence-electron chi connectivity index (χ4n) is 2.44. The number of hydrogen-bond acceptors (Lipinski definition) is 7. The molecule has 0 atom stereocenters. The van der Waals surface area contributed by atoms with Crippen LogP contribution < -0.4 is 15.1 Å². The average molecular weight is 299 g/mol. The van der Waals surface area contributed by atoms with E-state index < -0.39 is 0 Å². The Hall–Kier alpha value is -2.44. The maximum atomic E-state index is 4.59. The van der Waals surface area contributed by atoms with E-state index in [2.05, 4.69) is 48.9 Å². The third-order valence-electron chi connectivity index (χ3n) is 3.50. The standard InChI is InChI=1S/C15H21N7/c1-12(2)19-14-16-7-4-13(20-14)21-8-10-22(11-9-21)15-17-5-3-6-18-15/h3-7,12H,8-11H2,1-2H3,(H,16,19,20). The van der Waals surface area contributed by atoms with Gasteiger partial charge in [0.2, 0.25) is 11.9 Å². The van der Waals surface area contributed by atoms with Crippen molar-refractivity contribution >= 4 is 17.7 Å². The summed E-state index contributed by atoms with van der Waals surface area (Å²) in [5.41, 5.74) is 0. The van der Waals surface area contributed by atoms with Gasteiger partial charge in [-0.1, -0.05) is 0 Å². The highest BCUT2D eigenvalue weighted by Crippen LogP contribution is 2.17. The molecule has 0 bridgehead atoms. The van der Waals surface area contributed by atoms with Crippen LogP contribution in [0.5, 0.6) is 0 Å². The molecule has 0 unspecified atom stereocenters. The zero-order valence-corrected chi connectivity index (χ0v) is 13.0. The first-order chi connectivity index (χ1) is 10.7. The summed E-state index contributed by atoms with van der Waals surface area (Å²) >= 11 is 0. The van der Waals surface area contributed by atoms with E-state index in [-0.39, 0.29) is 0 Å². The molecule has 2 aromatic heterocycles. The van der Waals surface area contributed by atoms with E-state index in [4.69, 9.17) is 0 Å². The van der Waals surface area contributed by atoms with Gasteiger partial charge in [0, 0.05) is 50.8 Å². The van der Waals surface area contributed by atoms with Gasteiger partial charge in [0.15, 0.2) is 0 Å². The fourth-order valence-corrected chi connectivity index (χ4v) is 2.44. The number of nitrogens with zero attached hydrogens (tertiary/aromatic N) is 6. The second-order valence-corrected chi connectivity index (χ2v) is 5.56. The highest BCUT2D eigenvalue weighted by molar-refractivity contribution is 5.45. The Balaban J connectivity index is 1.64. The van der Waals surface area contributed by atoms with Gasteiger partial charge in [-0.3, -0.25) is 0 Å². The molecule has 0 radical (unpaired) electrons. The van der Waals surface area contributed by atoms with Crippen LogP contribution in [0, 0.1) is 0 Å². The number of anilines is 3. The van der Waals surface area contributed by atoms with Crippen molar-refractivity contribution in [3.05, 3.63) is 30.7 Å². The Labute approximate surface area is 130 Å². The van der Waals surface area contributed by atoms with Crippen molar-refractivity contribution in [1.82, 2.24) is 19.9 Å². The van der Waals surface area contributed by atoms with Gasteiger partial charge in [-0.15, -0.1) is 0 Å². The van der Waals surface area contributed by atoms with Crippen molar-refractivity contribution in [3.8, 4) is 0 Å². The van der Waals surface area contributed by atoms with Crippen molar-refractivity contribution in [2.24, 2.45) is 0 Å². The molecule has 0 amide bonds. The van der Waals surface area contributed by atoms with Crippen molar-refractivity contribution < 1.29 is 0 Å². The first-order valence-electron chi connectivity index (χ1n) is 7.59. The summed E-state index contributed by atoms with van der Waals surface area (Å²) in [6, 6.07) is 4.12. The molecular weight excluding hydrogens is 278 g/mol. The lowest BCUT2D eigenvalue weighted by molar-refractivity contribution is 0.634. The Bertz CT molecular complexity index is 594. The van der Waals surface area contributed by atoms with E-state index in [1.807, 2.05) is 12.1 Å². The van der Waals surface area contributed by atoms with E-state index in [1.165, 1.54) is 0 Å². The molecule has 0 aliphatic carbocycles. The summed E-state index contributed by atoms with van der Waals surface area (Å²) in [7, 11) is 0. The van der Waals surface area contributed by atoms with Gasteiger partial charge >= 0.3 is 0 Å². The predicted molar refractivity (Wildman–Crippen MR) is 87.2 cm³/mol. The third kappa shape index (κ3) is 3.41. The van der Waals surface area contributed by atoms with Gasteiger partial charge in [-0.05, 0) is 26.0 Å². The molecule has 0 saturated carbocycles. The zero-order chi connectivity index (χ0) is 15.4. The lowest BCUT2D eigenvalue weighted by atomic mass is 10.3. The quantitative estimate of drug-likeness (QED) is 0.915. The van der Waals surface area contributed by atoms with Crippen LogP contribution in [-0.4, -0.2) is 52.2 Å². The molecule has 3 rings (SSSR count). The van der Waals surface area contributed by atoms with E-state index in [0.29, 0.717) is 12.0 Å². The molecular formula is C15H21N7. The van der Waals surface area contributed by atoms with Crippen LogP contribution in [-0.2, 0) is 0 Å². The molecule has 3 heterocycles. The molecule has 116 valence electrons. The van der Waals surface area contributed by atoms with Crippen LogP contribution >= 0.6 is 0 Å². The Morgan fingerprint density at radius 1 is 0.955 bits per heavy atom. The fraction of sp³-hybridized carbons (Fsp3) is 0.467. The van der Waals surface area contributed by atoms with Crippen LogP contribution in [0.25, 0.3) is 0 Å². The highest BCUT2D eigenvalue weighted by Gasteiger charge is 2.20. The molecule has 0 spiro atoms. The average Bonchev–Trinajstić information content (AvgIpc) is 2.55. The van der Waals surface area contributed by atoms with E-state index in [0.717, 1.165) is 37.9 Å². The summed E-state index contributed by atoms with van der Waals surface area (Å²) in [4.78, 5) is 21.9. The molecule has 2 aromatic rings. The Morgan fingerprint density at radius 2 is 1.64 bits per heavy atom. The molecule has 1 aliphatic rings. The number of piperazine rings is 1. The summed E-state index contributed by atoms with van der Waals surface area (Å²) in [5, 5.41) is 3.24. The largest absolute Gasteiger partial charge is 0.353 e. The summed E-state index contributed by atoms with van der Waals surface area (Å²) in [6.07, 6.45) is 5.37. The molecule has 7 nitrogen and oxygen atoms in total. The van der Waals surface area contributed by atoms with Crippen LogP contribution in [0.4, 0.5) is 17.7 Å². The van der Waals surface area contributed by atoms with E-state index in [1.54, 1.807) is 18.6 Å². The van der Waals surface area contributed by atoms with Crippen LogP contribution in [0.1, 0.15) is 13.8 Å². The normalized spacial score (nSPS) is 15.2. The SMILES string of the molecule is CC(C)Nc1nccc(N2CCN(c3ncccn3)CC2)n1. The molecule has 0 aromatic carbocycles. The second kappa shape index (κ2) is 6.55. The summed E-state index contributed by atoms with van der Waals surface area (Å²) < 4.78 is 0. The van der Waals surface area contributed by atoms with Crippen molar-refractivity contribution in [2.75, 3.05) is 41.3 Å². The van der Waals surface area contributed by atoms with Crippen molar-refractivity contribution in [2.45, 2.75) is 19.9 Å². The third-order valence-corrected chi connectivity index (χ3v) is 3.50. The second-order valence-electron chi connectivity index (χ2n) is 5.56. The van der Waals surface area contributed by atoms with Gasteiger partial charge < -0.3 is 15.1 Å². The number of hydrogen-bond donors (Lipinski definition) is 1. The van der Waals surface area contributed by atoms with Crippen molar-refractivity contribution in [1.29, 1.82) is 0 Å². The van der Waals surface area contributed by atoms with Gasteiger partial charge in [0.1, 0.15) is 5.82 Å². The highest BCUT2D eigenvalue weighted by atomic mass is 15.3. The van der Waals surface area contributed by atoms with Gasteiger partial charge in [-0.25, -0.2) is 15.0 Å². The summed E-state index contributed by atoms with van der Waals surface area (Å²) in [6.45, 7) is 7.73. The first kappa shape index (κ1) is 14.5. The topological polar surface area (TPSA) is 70.1 Å². The zero-order valence-electron chi connectivity index (χ0n) is 13.0. The Morgan fingerprint density at radius 3 is 2.32 bits per heavy atom. The lowest BCUT2D eigenvalue weighted by Gasteiger charge is -2.35. The monoisotopic (exact) mass is 299 g/mol. The van der Waals surface area contributed by atoms with Gasteiger partial charge in [-0.2, -0.15) is 4.98 Å². The predicted octanol–water partition coefficient (Wildman–Crippen LogP) is 1.41. The molecule has 22 heavy (non-hydrogen) atoms. The lowest BCUT2D eigenvalue weighted by Crippen LogP contribution is -2.47. The number of aromatic nitrogens is 4. The van der Waals surface area contributed by atoms with Gasteiger partial charge in [0.05, 0.1) is 0 Å². The van der Waals surface area contributed by atoms with Crippen LogP contribution in [0.2, 0.25) is 0 Å². The van der Waals surface area contributed by atoms with Crippen LogP contribution in [0.15, 0.2) is 30.7 Å². The van der Waals surface area contributed by atoms with Gasteiger partial charge in [0.25, 0.3) is 0 Å². The van der Waals surface area contributed by atoms with Crippen LogP contribution in [0.3, 0.4) is 0 Å². The number of rotatable bonds is 4. The maximum absolute atomic E-state index is 4.59. The minimum absolute atomic E-state index is 0.322. The molecule has 7 heteroatoms. The summed E-state index contributed by atoms with van der Waals surface area (Å²) in [5.74, 6) is 2.44. The van der Waals surface area contributed by atoms with E-state index in [9.17, 15) is 0 Å². The maximum Gasteiger partial charge on any atom is 0.225 e. The minimum Gasteiger partial charge on any atom is -0.353 e. The molecule has 1 aliphatic heterocycles. The molecule has 1 fully saturated rings. The Kier molecular flexibility index (Phi) is 4.32. The van der Waals surface area contributed by atoms with Crippen molar-refractivity contribution in [3.63, 3.8) is 0 Å². The number of nitrogens with one attached hydrogen (secondary N) is 1. The minimum atomic E-state index is 0.322. The molecule has 1 saturated heterocycles. The molecule has 1 N–H and O–H groups in total.